The number of hydroxylamine groups is 2. The summed E-state index contributed by atoms with van der Waals surface area (Å²) in [6.45, 7) is 13.6. The first kappa shape index (κ1) is 35.5. The summed E-state index contributed by atoms with van der Waals surface area (Å²) in [6.07, 6.45) is 0.639. The maximum Gasteiger partial charge on any atom is 0.251 e. The van der Waals surface area contributed by atoms with E-state index in [1.807, 2.05) is 62.6 Å². The van der Waals surface area contributed by atoms with Gasteiger partial charge in [0.1, 0.15) is 12.1 Å². The van der Waals surface area contributed by atoms with Gasteiger partial charge in [0.05, 0.1) is 19.3 Å². The number of rotatable bonds is 12. The third-order valence-corrected chi connectivity index (χ3v) is 11.5. The number of hydrogen-bond donors (Lipinski definition) is 4. The summed E-state index contributed by atoms with van der Waals surface area (Å²) in [6, 6.07) is 15.0. The predicted octanol–water partition coefficient (Wildman–Crippen LogP) is 4.33. The number of amides is 2. The number of nitrogens with one attached hydrogen (secondary N) is 2. The van der Waals surface area contributed by atoms with Gasteiger partial charge in [-0.1, -0.05) is 65.0 Å². The van der Waals surface area contributed by atoms with Crippen LogP contribution in [0, 0.1) is 35.0 Å². The Kier molecular flexibility index (Phi) is 10.8. The maximum absolute atomic E-state index is 14.0. The number of carbonyl (C=O) groups is 2. The average Bonchev–Trinajstić information content (AvgIpc) is 3.39. The van der Waals surface area contributed by atoms with Crippen LogP contribution in [0.2, 0.25) is 0 Å². The molecule has 1 saturated heterocycles. The summed E-state index contributed by atoms with van der Waals surface area (Å²) in [4.78, 5) is 35.5. The minimum Gasteiger partial charge on any atom is -0.394 e. The van der Waals surface area contributed by atoms with Crippen molar-refractivity contribution in [2.24, 2.45) is 35.0 Å². The van der Waals surface area contributed by atoms with Gasteiger partial charge in [0.15, 0.2) is 0 Å². The van der Waals surface area contributed by atoms with Gasteiger partial charge in [0.25, 0.3) is 5.91 Å². The van der Waals surface area contributed by atoms with Crippen molar-refractivity contribution in [1.29, 1.82) is 0 Å². The first-order chi connectivity index (χ1) is 22.2. The molecular weight excluding hydrogens is 592 g/mol. The van der Waals surface area contributed by atoms with E-state index < -0.39 is 24.2 Å². The van der Waals surface area contributed by atoms with E-state index in [-0.39, 0.29) is 30.5 Å². The monoisotopic (exact) mass is 648 g/mol. The minimum absolute atomic E-state index is 0.0298. The van der Waals surface area contributed by atoms with Crippen LogP contribution in [0.3, 0.4) is 0 Å². The van der Waals surface area contributed by atoms with E-state index in [0.29, 0.717) is 41.2 Å². The minimum atomic E-state index is -0.850. The standard InChI is InChI=1S/C38H56N4O5/c1-22(2)32(20-41(7)8)40-36(45)28-14-10-13-27(16-28)26-12-9-11-25(15-26)19-42-35(34(24(4)44)33(21-43)47-42)37(46)39-31-18-29-17-30(23(31)3)38(29,5)6/h9-16,22-24,29-35,43-44H,17-21H2,1-8H3,(H,39,46)(H,40,45)/t23-,24-,29-,30+,31-,32+,33-,34+,35-/m0/s1. The van der Waals surface area contributed by atoms with E-state index in [9.17, 15) is 19.8 Å². The van der Waals surface area contributed by atoms with Crippen LogP contribution in [-0.4, -0.2) is 89.6 Å². The van der Waals surface area contributed by atoms with Gasteiger partial charge in [0, 0.05) is 30.1 Å². The molecule has 0 spiro atoms. The second-order valence-corrected chi connectivity index (χ2v) is 15.6. The third-order valence-electron chi connectivity index (χ3n) is 11.5. The molecular formula is C38H56N4O5. The number of hydrogen-bond acceptors (Lipinski definition) is 7. The molecule has 3 aliphatic carbocycles. The zero-order valence-corrected chi connectivity index (χ0v) is 29.4. The fourth-order valence-corrected chi connectivity index (χ4v) is 8.42. The Balaban J connectivity index is 1.33. The van der Waals surface area contributed by atoms with Crippen molar-refractivity contribution in [3.63, 3.8) is 0 Å². The summed E-state index contributed by atoms with van der Waals surface area (Å²) >= 11 is 0. The molecule has 6 rings (SSSR count). The molecule has 47 heavy (non-hydrogen) atoms. The number of fused-ring (bicyclic) bond motifs is 2. The van der Waals surface area contributed by atoms with Crippen molar-refractivity contribution in [2.75, 3.05) is 27.2 Å². The summed E-state index contributed by atoms with van der Waals surface area (Å²) in [5.74, 6) is 1.01. The first-order valence-corrected chi connectivity index (χ1v) is 17.4. The summed E-state index contributed by atoms with van der Waals surface area (Å²) in [7, 11) is 4.01. The Morgan fingerprint density at radius 3 is 2.34 bits per heavy atom. The molecule has 4 fully saturated rings. The van der Waals surface area contributed by atoms with Gasteiger partial charge in [0.2, 0.25) is 5.91 Å². The second-order valence-electron chi connectivity index (χ2n) is 15.6. The number of aliphatic hydroxyl groups is 2. The maximum atomic E-state index is 14.0. The smallest absolute Gasteiger partial charge is 0.251 e. The molecule has 0 unspecified atom stereocenters. The van der Waals surface area contributed by atoms with Crippen LogP contribution in [0.15, 0.2) is 48.5 Å². The number of aliphatic hydroxyl groups excluding tert-OH is 2. The molecule has 1 heterocycles. The van der Waals surface area contributed by atoms with E-state index in [1.54, 1.807) is 12.0 Å². The van der Waals surface area contributed by atoms with Gasteiger partial charge in [-0.3, -0.25) is 14.4 Å². The van der Waals surface area contributed by atoms with Gasteiger partial charge in [-0.25, -0.2) is 0 Å². The molecule has 9 atom stereocenters. The molecule has 0 radical (unpaired) electrons. The van der Waals surface area contributed by atoms with Gasteiger partial charge in [-0.05, 0) is 97.8 Å². The SMILES string of the molecule is CC(C)[C@@H](CN(C)C)NC(=O)c1cccc(-c2cccc(CN3O[C@@H](CO)[C@@H]([C@H](C)O)[C@H]3C(=O)N[C@H]3C[C@@H]4C[C@H]([C@@H]3C)C4(C)C)c2)c1. The fourth-order valence-electron chi connectivity index (χ4n) is 8.42. The van der Waals surface area contributed by atoms with Gasteiger partial charge < -0.3 is 25.7 Å². The van der Waals surface area contributed by atoms with E-state index >= 15 is 0 Å². The lowest BCUT2D eigenvalue weighted by atomic mass is 9.45. The molecule has 4 N–H and O–H groups in total. The zero-order valence-electron chi connectivity index (χ0n) is 29.4. The van der Waals surface area contributed by atoms with Gasteiger partial charge in [-0.2, -0.15) is 5.06 Å². The molecule has 4 aliphatic rings. The third kappa shape index (κ3) is 7.44. The van der Waals surface area contributed by atoms with E-state index in [1.165, 1.54) is 6.42 Å². The van der Waals surface area contributed by atoms with Crippen LogP contribution in [0.4, 0.5) is 0 Å². The molecule has 9 nitrogen and oxygen atoms in total. The van der Waals surface area contributed by atoms with Gasteiger partial charge >= 0.3 is 0 Å². The number of likely N-dealkylation sites (N-methyl/N-ethyl adjacent to an activating group) is 1. The van der Waals surface area contributed by atoms with E-state index in [2.05, 4.69) is 50.2 Å². The Morgan fingerprint density at radius 2 is 1.74 bits per heavy atom. The predicted molar refractivity (Wildman–Crippen MR) is 184 cm³/mol. The molecule has 9 heteroatoms. The highest BCUT2D eigenvalue weighted by Gasteiger charge is 2.57. The van der Waals surface area contributed by atoms with Crippen molar-refractivity contribution in [3.8, 4) is 11.1 Å². The molecule has 3 saturated carbocycles. The highest BCUT2D eigenvalue weighted by Crippen LogP contribution is 2.61. The zero-order chi connectivity index (χ0) is 34.2. The van der Waals surface area contributed by atoms with E-state index in [0.717, 1.165) is 29.7 Å². The summed E-state index contributed by atoms with van der Waals surface area (Å²) < 4.78 is 0. The summed E-state index contributed by atoms with van der Waals surface area (Å²) in [5.41, 5.74) is 3.67. The van der Waals surface area contributed by atoms with Crippen LogP contribution in [-0.2, 0) is 16.2 Å². The number of benzene rings is 2. The van der Waals surface area contributed by atoms with Crippen molar-refractivity contribution in [2.45, 2.75) is 91.3 Å². The average molecular weight is 649 g/mol. The molecule has 1 aliphatic heterocycles. The summed E-state index contributed by atoms with van der Waals surface area (Å²) in [5, 5.41) is 29.2. The Bertz CT molecular complexity index is 1410. The van der Waals surface area contributed by atoms with Crippen LogP contribution >= 0.6 is 0 Å². The Labute approximate surface area is 281 Å². The molecule has 2 aromatic carbocycles. The van der Waals surface area contributed by atoms with Crippen LogP contribution in [0.25, 0.3) is 11.1 Å². The van der Waals surface area contributed by atoms with Crippen LogP contribution < -0.4 is 10.6 Å². The Morgan fingerprint density at radius 1 is 1.06 bits per heavy atom. The lowest BCUT2D eigenvalue weighted by molar-refractivity contribution is -0.183. The van der Waals surface area contributed by atoms with Crippen LogP contribution in [0.1, 0.15) is 70.3 Å². The lowest BCUT2D eigenvalue weighted by Crippen LogP contribution is -2.62. The molecule has 2 aromatic rings. The quantitative estimate of drug-likeness (QED) is 0.271. The van der Waals surface area contributed by atoms with Crippen molar-refractivity contribution in [1.82, 2.24) is 20.6 Å². The highest BCUT2D eigenvalue weighted by atomic mass is 16.7. The molecule has 258 valence electrons. The lowest BCUT2D eigenvalue weighted by Gasteiger charge is -2.62. The molecule has 0 aromatic heterocycles. The van der Waals surface area contributed by atoms with Crippen LogP contribution in [0.5, 0.6) is 0 Å². The molecule has 2 amide bonds. The van der Waals surface area contributed by atoms with Crippen molar-refractivity contribution < 1.29 is 24.6 Å². The highest BCUT2D eigenvalue weighted by molar-refractivity contribution is 5.95. The van der Waals surface area contributed by atoms with E-state index in [4.69, 9.17) is 4.84 Å². The Hall–Kier alpha value is -2.82. The topological polar surface area (TPSA) is 114 Å². The van der Waals surface area contributed by atoms with Crippen molar-refractivity contribution >= 4 is 11.8 Å². The van der Waals surface area contributed by atoms with Crippen molar-refractivity contribution in [3.05, 3.63) is 59.7 Å². The number of carbonyl (C=O) groups excluding carboxylic acids is 2. The molecule has 2 bridgehead atoms. The normalized spacial score (nSPS) is 29.7. The second kappa shape index (κ2) is 14.3. The number of nitrogens with zero attached hydrogens (tertiary/aromatic N) is 2. The largest absolute Gasteiger partial charge is 0.394 e. The fraction of sp³-hybridized carbons (Fsp3) is 0.632. The first-order valence-electron chi connectivity index (χ1n) is 17.4. The van der Waals surface area contributed by atoms with Gasteiger partial charge in [-0.15, -0.1) is 0 Å².